The summed E-state index contributed by atoms with van der Waals surface area (Å²) in [7, 11) is 5.51. The average Bonchev–Trinajstić information content (AvgIpc) is 3.19. The number of aliphatic carboxylic acids is 1. The summed E-state index contributed by atoms with van der Waals surface area (Å²) in [5.41, 5.74) is 0. The molecule has 0 spiro atoms. The molecule has 0 fully saturated rings. The van der Waals surface area contributed by atoms with Crippen molar-refractivity contribution >= 4 is 17.9 Å². The fourth-order valence-electron chi connectivity index (χ4n) is 6.70. The minimum Gasteiger partial charge on any atom is -0.477 e. The van der Waals surface area contributed by atoms with E-state index in [9.17, 15) is 19.5 Å². The average molecular weight is 829 g/mol. The number of allylic oxidation sites excluding steroid dienone is 10. The van der Waals surface area contributed by atoms with E-state index in [1.54, 1.807) is 0 Å². The van der Waals surface area contributed by atoms with Crippen LogP contribution in [-0.4, -0.2) is 80.6 Å². The molecule has 2 unspecified atom stereocenters. The van der Waals surface area contributed by atoms with Crippen molar-refractivity contribution in [2.24, 2.45) is 0 Å². The van der Waals surface area contributed by atoms with Crippen LogP contribution in [0.4, 0.5) is 0 Å². The van der Waals surface area contributed by atoms with E-state index in [4.69, 9.17) is 14.2 Å². The number of hydrogen-bond acceptors (Lipinski definition) is 6. The predicted molar refractivity (Wildman–Crippen MR) is 247 cm³/mol. The van der Waals surface area contributed by atoms with Gasteiger partial charge in [-0.1, -0.05) is 171 Å². The molecule has 340 valence electrons. The number of carbonyl (C=O) groups excluding carboxylic acids is 2. The largest absolute Gasteiger partial charge is 0.477 e. The minimum absolute atomic E-state index is 0.0471. The van der Waals surface area contributed by atoms with Gasteiger partial charge in [0.15, 0.2) is 12.1 Å². The van der Waals surface area contributed by atoms with Gasteiger partial charge in [0.2, 0.25) is 0 Å². The van der Waals surface area contributed by atoms with E-state index >= 15 is 0 Å². The standard InChI is InChI=1S/C51H89NO7/c1-6-8-10-12-14-16-18-20-22-23-24-25-26-27-28-30-31-33-35-37-39-41-49(53)58-46-47(45-57-44-43-48(51(55)56)52(3,4)5)59-50(54)42-40-38-36-34-32-29-21-19-17-15-13-11-9-7-2/h14,16,20,22,24-25,27-28,31,33,47-48H,6-13,15,17-19,21,23,26,29-30,32,34-46H2,1-5H3/p+1/b16-14+,22-20+,25-24+,28-27+,33-31+. The molecule has 8 heteroatoms. The van der Waals surface area contributed by atoms with Gasteiger partial charge in [0, 0.05) is 19.3 Å². The number of unbranched alkanes of at least 4 members (excludes halogenated alkanes) is 18. The first kappa shape index (κ1) is 56.0. The van der Waals surface area contributed by atoms with E-state index in [1.807, 2.05) is 21.1 Å². The highest BCUT2D eigenvalue weighted by molar-refractivity contribution is 5.72. The number of carboxylic acids is 1. The van der Waals surface area contributed by atoms with Crippen LogP contribution in [0.15, 0.2) is 60.8 Å². The van der Waals surface area contributed by atoms with E-state index < -0.39 is 18.1 Å². The first-order valence-corrected chi connectivity index (χ1v) is 23.8. The molecule has 0 saturated heterocycles. The first-order chi connectivity index (χ1) is 28.6. The number of nitrogens with zero attached hydrogens (tertiary/aromatic N) is 1. The van der Waals surface area contributed by atoms with Crippen molar-refractivity contribution in [1.29, 1.82) is 0 Å². The number of ether oxygens (including phenoxy) is 3. The molecule has 0 aliphatic carbocycles. The molecule has 0 saturated carbocycles. The van der Waals surface area contributed by atoms with E-state index in [1.165, 1.54) is 96.3 Å². The van der Waals surface area contributed by atoms with Gasteiger partial charge in [-0.2, -0.15) is 0 Å². The zero-order chi connectivity index (χ0) is 43.5. The molecule has 0 aromatic heterocycles. The quantitative estimate of drug-likeness (QED) is 0.0283. The number of carboxylic acid groups (broad SMARTS) is 1. The van der Waals surface area contributed by atoms with Crippen LogP contribution in [0.5, 0.6) is 0 Å². The van der Waals surface area contributed by atoms with Gasteiger partial charge < -0.3 is 23.8 Å². The maximum absolute atomic E-state index is 12.7. The van der Waals surface area contributed by atoms with Gasteiger partial charge in [0.1, 0.15) is 6.61 Å². The molecule has 2 atom stereocenters. The van der Waals surface area contributed by atoms with Crippen LogP contribution in [0, 0.1) is 0 Å². The minimum atomic E-state index is -0.881. The van der Waals surface area contributed by atoms with Crippen LogP contribution in [0.1, 0.15) is 194 Å². The molecule has 0 aliphatic rings. The van der Waals surface area contributed by atoms with Crippen molar-refractivity contribution in [2.75, 3.05) is 41.0 Å². The third kappa shape index (κ3) is 40.2. The summed E-state index contributed by atoms with van der Waals surface area (Å²) >= 11 is 0. The third-order valence-electron chi connectivity index (χ3n) is 10.4. The lowest BCUT2D eigenvalue weighted by Crippen LogP contribution is -2.50. The molecule has 0 heterocycles. The maximum Gasteiger partial charge on any atom is 0.362 e. The Balaban J connectivity index is 4.37. The van der Waals surface area contributed by atoms with Crippen LogP contribution < -0.4 is 0 Å². The summed E-state index contributed by atoms with van der Waals surface area (Å²) in [5, 5.41) is 9.63. The van der Waals surface area contributed by atoms with Gasteiger partial charge in [-0.15, -0.1) is 0 Å². The Morgan fingerprint density at radius 2 is 0.898 bits per heavy atom. The second-order valence-electron chi connectivity index (χ2n) is 17.0. The van der Waals surface area contributed by atoms with Crippen molar-refractivity contribution in [2.45, 2.75) is 206 Å². The summed E-state index contributed by atoms with van der Waals surface area (Å²) in [5.74, 6) is -1.52. The van der Waals surface area contributed by atoms with Crippen LogP contribution >= 0.6 is 0 Å². The summed E-state index contributed by atoms with van der Waals surface area (Å²) in [6.45, 7) is 4.67. The molecule has 0 bridgehead atoms. The van der Waals surface area contributed by atoms with E-state index in [0.29, 0.717) is 19.3 Å². The number of rotatable bonds is 42. The predicted octanol–water partition coefficient (Wildman–Crippen LogP) is 13.4. The fourth-order valence-corrected chi connectivity index (χ4v) is 6.70. The lowest BCUT2D eigenvalue weighted by molar-refractivity contribution is -0.887. The number of esters is 2. The third-order valence-corrected chi connectivity index (χ3v) is 10.4. The lowest BCUT2D eigenvalue weighted by Gasteiger charge is -2.31. The Bertz CT molecular complexity index is 1150. The maximum atomic E-state index is 12.7. The van der Waals surface area contributed by atoms with Crippen molar-refractivity contribution in [1.82, 2.24) is 0 Å². The second-order valence-corrected chi connectivity index (χ2v) is 17.0. The molecule has 0 radical (unpaired) electrons. The Kier molecular flexibility index (Phi) is 39.6. The molecule has 8 nitrogen and oxygen atoms in total. The highest BCUT2D eigenvalue weighted by Gasteiger charge is 2.31. The van der Waals surface area contributed by atoms with Gasteiger partial charge in [-0.25, -0.2) is 4.79 Å². The van der Waals surface area contributed by atoms with Gasteiger partial charge in [0.25, 0.3) is 0 Å². The number of quaternary nitrogens is 1. The Morgan fingerprint density at radius 1 is 0.508 bits per heavy atom. The summed E-state index contributed by atoms with van der Waals surface area (Å²) in [6.07, 6.45) is 51.2. The second kappa shape index (κ2) is 41.8. The Morgan fingerprint density at radius 3 is 1.36 bits per heavy atom. The summed E-state index contributed by atoms with van der Waals surface area (Å²) < 4.78 is 17.3. The zero-order valence-corrected chi connectivity index (χ0v) is 38.7. The van der Waals surface area contributed by atoms with Crippen LogP contribution in [0.3, 0.4) is 0 Å². The molecule has 0 amide bonds. The van der Waals surface area contributed by atoms with Crippen molar-refractivity contribution in [3.8, 4) is 0 Å². The molecule has 59 heavy (non-hydrogen) atoms. The highest BCUT2D eigenvalue weighted by atomic mass is 16.6. The molecule has 0 rings (SSSR count). The van der Waals surface area contributed by atoms with Crippen LogP contribution in [-0.2, 0) is 28.6 Å². The molecule has 0 aromatic carbocycles. The van der Waals surface area contributed by atoms with E-state index in [0.717, 1.165) is 64.2 Å². The van der Waals surface area contributed by atoms with Crippen LogP contribution in [0.25, 0.3) is 0 Å². The normalized spacial score (nSPS) is 13.4. The fraction of sp³-hybridized carbons (Fsp3) is 0.745. The smallest absolute Gasteiger partial charge is 0.362 e. The zero-order valence-electron chi connectivity index (χ0n) is 38.7. The summed E-state index contributed by atoms with van der Waals surface area (Å²) in [6, 6.07) is -0.622. The molecule has 1 N–H and O–H groups in total. The van der Waals surface area contributed by atoms with Gasteiger partial charge in [0.05, 0.1) is 34.4 Å². The topological polar surface area (TPSA) is 99.1 Å². The molecule has 0 aliphatic heterocycles. The van der Waals surface area contributed by atoms with Crippen molar-refractivity contribution in [3.05, 3.63) is 60.8 Å². The van der Waals surface area contributed by atoms with Crippen molar-refractivity contribution in [3.63, 3.8) is 0 Å². The number of likely N-dealkylation sites (N-methyl/N-ethyl adjacent to an activating group) is 1. The number of hydrogen-bond donors (Lipinski definition) is 1. The van der Waals surface area contributed by atoms with Gasteiger partial charge in [-0.3, -0.25) is 9.59 Å². The number of carbonyl (C=O) groups is 3. The van der Waals surface area contributed by atoms with Crippen molar-refractivity contribution < 1.29 is 38.2 Å². The first-order valence-electron chi connectivity index (χ1n) is 23.8. The molecule has 0 aromatic rings. The SMILES string of the molecule is CCCCC/C=C/C/C=C/C/C=C/C/C=C/C/C=C/CCCCC(=O)OCC(COCCC(C(=O)O)[N+](C)(C)C)OC(=O)CCCCCCCCCCCCCCCC. The lowest BCUT2D eigenvalue weighted by atomic mass is 10.0. The molecular weight excluding hydrogens is 739 g/mol. The van der Waals surface area contributed by atoms with E-state index in [-0.39, 0.29) is 36.2 Å². The Labute approximate surface area is 362 Å². The highest BCUT2D eigenvalue weighted by Crippen LogP contribution is 2.15. The summed E-state index contributed by atoms with van der Waals surface area (Å²) in [4.78, 5) is 37.0. The van der Waals surface area contributed by atoms with Crippen LogP contribution in [0.2, 0.25) is 0 Å². The van der Waals surface area contributed by atoms with E-state index in [2.05, 4.69) is 74.6 Å². The van der Waals surface area contributed by atoms with Gasteiger partial charge in [-0.05, 0) is 64.2 Å². The Hall–Kier alpha value is -2.97. The molecular formula is C51H90NO7+. The van der Waals surface area contributed by atoms with Gasteiger partial charge >= 0.3 is 17.9 Å². The monoisotopic (exact) mass is 829 g/mol.